The standard InChI is InChI=1S/C12H11NOS/c14-12-10-6-3-5-9(4-1-2-7-15)11(10)8-13-12/h3,5-6,15H,2,7-8H2,(H,13,14). The van der Waals surface area contributed by atoms with Crippen LogP contribution >= 0.6 is 12.6 Å². The van der Waals surface area contributed by atoms with Gasteiger partial charge < -0.3 is 5.32 Å². The van der Waals surface area contributed by atoms with Crippen LogP contribution < -0.4 is 5.32 Å². The molecule has 3 heteroatoms. The summed E-state index contributed by atoms with van der Waals surface area (Å²) in [6, 6.07) is 5.65. The molecule has 0 aromatic heterocycles. The van der Waals surface area contributed by atoms with Crippen molar-refractivity contribution in [3.63, 3.8) is 0 Å². The van der Waals surface area contributed by atoms with E-state index in [4.69, 9.17) is 0 Å². The van der Waals surface area contributed by atoms with Crippen molar-refractivity contribution < 1.29 is 4.79 Å². The number of hydrogen-bond donors (Lipinski definition) is 2. The molecule has 0 unspecified atom stereocenters. The van der Waals surface area contributed by atoms with Crippen LogP contribution in [0.3, 0.4) is 0 Å². The van der Waals surface area contributed by atoms with Gasteiger partial charge in [-0.25, -0.2) is 0 Å². The van der Waals surface area contributed by atoms with Gasteiger partial charge in [0.25, 0.3) is 5.91 Å². The van der Waals surface area contributed by atoms with Crippen LogP contribution in [-0.4, -0.2) is 11.7 Å². The van der Waals surface area contributed by atoms with Gasteiger partial charge in [-0.1, -0.05) is 17.9 Å². The van der Waals surface area contributed by atoms with E-state index in [1.54, 1.807) is 0 Å². The third-order valence-corrected chi connectivity index (χ3v) is 2.53. The van der Waals surface area contributed by atoms with Gasteiger partial charge in [0.1, 0.15) is 0 Å². The molecule has 1 aromatic rings. The summed E-state index contributed by atoms with van der Waals surface area (Å²) in [7, 11) is 0. The number of carbonyl (C=O) groups excluding carboxylic acids is 1. The van der Waals surface area contributed by atoms with Crippen molar-refractivity contribution in [2.24, 2.45) is 0 Å². The molecule has 76 valence electrons. The normalized spacial score (nSPS) is 12.7. The molecule has 1 heterocycles. The number of carbonyl (C=O) groups is 1. The van der Waals surface area contributed by atoms with Gasteiger partial charge in [-0.05, 0) is 17.7 Å². The second kappa shape index (κ2) is 4.41. The molecule has 0 spiro atoms. The molecular formula is C12H11NOS. The zero-order valence-corrected chi connectivity index (χ0v) is 9.10. The SMILES string of the molecule is O=C1NCc2c(C#CCCS)cccc21. The van der Waals surface area contributed by atoms with Crippen LogP contribution in [0.1, 0.15) is 27.9 Å². The van der Waals surface area contributed by atoms with Gasteiger partial charge in [-0.15, -0.1) is 0 Å². The fraction of sp³-hybridized carbons (Fsp3) is 0.250. The summed E-state index contributed by atoms with van der Waals surface area (Å²) in [4.78, 5) is 11.4. The third kappa shape index (κ3) is 2.00. The lowest BCUT2D eigenvalue weighted by Gasteiger charge is -1.98. The van der Waals surface area contributed by atoms with Gasteiger partial charge >= 0.3 is 0 Å². The number of benzene rings is 1. The fourth-order valence-electron chi connectivity index (χ4n) is 1.58. The molecule has 1 aliphatic rings. The Morgan fingerprint density at radius 3 is 3.13 bits per heavy atom. The van der Waals surface area contributed by atoms with E-state index in [-0.39, 0.29) is 5.91 Å². The van der Waals surface area contributed by atoms with Crippen molar-refractivity contribution in [3.8, 4) is 11.8 Å². The van der Waals surface area contributed by atoms with Crippen LogP contribution in [0.15, 0.2) is 18.2 Å². The monoisotopic (exact) mass is 217 g/mol. The Morgan fingerprint density at radius 2 is 2.33 bits per heavy atom. The Morgan fingerprint density at radius 1 is 1.47 bits per heavy atom. The number of hydrogen-bond acceptors (Lipinski definition) is 2. The summed E-state index contributed by atoms with van der Waals surface area (Å²) in [5.74, 6) is 6.87. The van der Waals surface area contributed by atoms with Crippen LogP contribution in [0.5, 0.6) is 0 Å². The average molecular weight is 217 g/mol. The van der Waals surface area contributed by atoms with Gasteiger partial charge in [0.05, 0.1) is 0 Å². The van der Waals surface area contributed by atoms with E-state index in [9.17, 15) is 4.79 Å². The Balaban J connectivity index is 2.35. The molecule has 0 radical (unpaired) electrons. The van der Waals surface area contributed by atoms with E-state index in [0.717, 1.165) is 28.9 Å². The summed E-state index contributed by atoms with van der Waals surface area (Å²) in [6.45, 7) is 0.597. The van der Waals surface area contributed by atoms with E-state index in [2.05, 4.69) is 29.8 Å². The van der Waals surface area contributed by atoms with Crippen molar-refractivity contribution in [1.82, 2.24) is 5.32 Å². The first-order valence-electron chi connectivity index (χ1n) is 4.83. The molecule has 1 N–H and O–H groups in total. The van der Waals surface area contributed by atoms with Crippen molar-refractivity contribution in [2.75, 3.05) is 5.75 Å². The summed E-state index contributed by atoms with van der Waals surface area (Å²) in [5, 5.41) is 2.79. The van der Waals surface area contributed by atoms with Crippen molar-refractivity contribution in [1.29, 1.82) is 0 Å². The number of amides is 1. The van der Waals surface area contributed by atoms with Gasteiger partial charge in [0, 0.05) is 29.8 Å². The lowest BCUT2D eigenvalue weighted by Crippen LogP contribution is -2.12. The van der Waals surface area contributed by atoms with Crippen LogP contribution in [0, 0.1) is 11.8 Å². The largest absolute Gasteiger partial charge is 0.348 e. The smallest absolute Gasteiger partial charge is 0.251 e. The predicted octanol–water partition coefficient (Wildman–Crippen LogP) is 1.60. The summed E-state index contributed by atoms with van der Waals surface area (Å²) in [5.41, 5.74) is 2.73. The molecule has 0 aliphatic carbocycles. The fourth-order valence-corrected chi connectivity index (χ4v) is 1.70. The maximum Gasteiger partial charge on any atom is 0.251 e. The predicted molar refractivity (Wildman–Crippen MR) is 63.0 cm³/mol. The number of fused-ring (bicyclic) bond motifs is 1. The van der Waals surface area contributed by atoms with Gasteiger partial charge in [-0.3, -0.25) is 4.79 Å². The van der Waals surface area contributed by atoms with Crippen molar-refractivity contribution >= 4 is 18.5 Å². The molecule has 1 amide bonds. The highest BCUT2D eigenvalue weighted by molar-refractivity contribution is 7.80. The first kappa shape index (κ1) is 10.1. The van der Waals surface area contributed by atoms with Crippen molar-refractivity contribution in [3.05, 3.63) is 34.9 Å². The zero-order valence-electron chi connectivity index (χ0n) is 8.21. The first-order chi connectivity index (χ1) is 7.33. The summed E-state index contributed by atoms with van der Waals surface area (Å²) in [6.07, 6.45) is 0.772. The third-order valence-electron chi connectivity index (χ3n) is 2.31. The molecule has 1 aliphatic heterocycles. The zero-order chi connectivity index (χ0) is 10.7. The maximum atomic E-state index is 11.4. The molecule has 15 heavy (non-hydrogen) atoms. The number of rotatable bonds is 1. The van der Waals surface area contributed by atoms with E-state index in [0.29, 0.717) is 6.54 Å². The molecule has 0 saturated carbocycles. The van der Waals surface area contributed by atoms with Crippen molar-refractivity contribution in [2.45, 2.75) is 13.0 Å². The number of thiol groups is 1. The molecule has 2 nitrogen and oxygen atoms in total. The lowest BCUT2D eigenvalue weighted by molar-refractivity contribution is 0.0966. The Hall–Kier alpha value is -1.40. The summed E-state index contributed by atoms with van der Waals surface area (Å²) < 4.78 is 0. The molecule has 0 fully saturated rings. The Labute approximate surface area is 94.5 Å². The van der Waals surface area contributed by atoms with Crippen LogP contribution in [-0.2, 0) is 6.54 Å². The minimum atomic E-state index is 0.00263. The minimum absolute atomic E-state index is 0.00263. The first-order valence-corrected chi connectivity index (χ1v) is 5.46. The van der Waals surface area contributed by atoms with Gasteiger partial charge in [0.2, 0.25) is 0 Å². The molecule has 2 rings (SSSR count). The maximum absolute atomic E-state index is 11.4. The van der Waals surface area contributed by atoms with Crippen LogP contribution in [0.25, 0.3) is 0 Å². The second-order valence-electron chi connectivity index (χ2n) is 3.29. The van der Waals surface area contributed by atoms with E-state index in [1.807, 2.05) is 18.2 Å². The van der Waals surface area contributed by atoms with Gasteiger partial charge in [0.15, 0.2) is 0 Å². The minimum Gasteiger partial charge on any atom is -0.348 e. The molecule has 0 saturated heterocycles. The van der Waals surface area contributed by atoms with Gasteiger partial charge in [-0.2, -0.15) is 12.6 Å². The van der Waals surface area contributed by atoms with Crippen LogP contribution in [0.2, 0.25) is 0 Å². The summed E-state index contributed by atoms with van der Waals surface area (Å²) >= 11 is 4.09. The highest BCUT2D eigenvalue weighted by atomic mass is 32.1. The number of nitrogens with one attached hydrogen (secondary N) is 1. The highest BCUT2D eigenvalue weighted by Crippen LogP contribution is 2.18. The molecular weight excluding hydrogens is 206 g/mol. The Bertz CT molecular complexity index is 456. The molecule has 1 aromatic carbocycles. The van der Waals surface area contributed by atoms with E-state index >= 15 is 0 Å². The highest BCUT2D eigenvalue weighted by Gasteiger charge is 2.20. The lowest BCUT2D eigenvalue weighted by atomic mass is 10.0. The van der Waals surface area contributed by atoms with E-state index in [1.165, 1.54) is 0 Å². The van der Waals surface area contributed by atoms with E-state index < -0.39 is 0 Å². The van der Waals surface area contributed by atoms with Crippen LogP contribution in [0.4, 0.5) is 0 Å². The second-order valence-corrected chi connectivity index (χ2v) is 3.74. The quantitative estimate of drug-likeness (QED) is 0.543. The average Bonchev–Trinajstić information content (AvgIpc) is 2.62. The Kier molecular flexibility index (Phi) is 2.98. The molecule has 0 bridgehead atoms. The molecule has 0 atom stereocenters. The topological polar surface area (TPSA) is 29.1 Å².